The van der Waals surface area contributed by atoms with Gasteiger partial charge in [0.1, 0.15) is 12.1 Å². The maximum Gasteiger partial charge on any atom is 0.237 e. The lowest BCUT2D eigenvalue weighted by atomic mass is 10.1. The molecule has 2 aliphatic heterocycles. The molecule has 160 valence electrons. The molecule has 1 aromatic carbocycles. The number of carbonyl (C=O) groups is 1. The van der Waals surface area contributed by atoms with Gasteiger partial charge in [0.2, 0.25) is 18.6 Å². The third kappa shape index (κ3) is 4.16. The highest BCUT2D eigenvalue weighted by molar-refractivity contribution is 5.77. The number of aryl methyl sites for hydroxylation is 1. The van der Waals surface area contributed by atoms with E-state index in [1.54, 1.807) is 17.1 Å². The summed E-state index contributed by atoms with van der Waals surface area (Å²) < 4.78 is 12.5. The molecule has 2 aromatic heterocycles. The van der Waals surface area contributed by atoms with Crippen LogP contribution in [0.3, 0.4) is 0 Å². The average molecular weight is 420 g/mol. The molecule has 9 heteroatoms. The van der Waals surface area contributed by atoms with Crippen LogP contribution in [0.15, 0.2) is 43.0 Å². The van der Waals surface area contributed by atoms with E-state index in [9.17, 15) is 4.79 Å². The SMILES string of the molecule is Cc1cc(N2CCCC2CC(=O)NCc2ccc3c(c2)OCO3)nc(-n2ccnc2)n1. The molecular weight excluding hydrogens is 396 g/mol. The predicted molar refractivity (Wildman–Crippen MR) is 113 cm³/mol. The fourth-order valence-electron chi connectivity index (χ4n) is 4.06. The van der Waals surface area contributed by atoms with Crippen LogP contribution in [0.2, 0.25) is 0 Å². The van der Waals surface area contributed by atoms with Gasteiger partial charge in [-0.1, -0.05) is 6.07 Å². The molecule has 4 heterocycles. The Labute approximate surface area is 180 Å². The standard InChI is InChI=1S/C22H24N6O3/c1-15-9-20(26-22(25-15)27-8-6-23-13-27)28-7-2-3-17(28)11-21(29)24-12-16-4-5-18-19(10-16)31-14-30-18/h4-6,8-10,13,17H,2-3,7,11-12,14H2,1H3,(H,24,29). The van der Waals surface area contributed by atoms with Gasteiger partial charge in [0.05, 0.1) is 0 Å². The van der Waals surface area contributed by atoms with Crippen molar-refractivity contribution in [3.8, 4) is 17.4 Å². The molecule has 1 N–H and O–H groups in total. The smallest absolute Gasteiger partial charge is 0.237 e. The van der Waals surface area contributed by atoms with Gasteiger partial charge in [0.15, 0.2) is 11.5 Å². The van der Waals surface area contributed by atoms with Gasteiger partial charge < -0.3 is 19.7 Å². The van der Waals surface area contributed by atoms with Crippen LogP contribution >= 0.6 is 0 Å². The van der Waals surface area contributed by atoms with Gasteiger partial charge in [-0.2, -0.15) is 4.98 Å². The summed E-state index contributed by atoms with van der Waals surface area (Å²) in [6.45, 7) is 3.53. The van der Waals surface area contributed by atoms with Crippen LogP contribution in [0.4, 0.5) is 5.82 Å². The van der Waals surface area contributed by atoms with Crippen LogP contribution in [-0.2, 0) is 11.3 Å². The highest BCUT2D eigenvalue weighted by Gasteiger charge is 2.28. The molecule has 3 aromatic rings. The molecule has 31 heavy (non-hydrogen) atoms. The molecule has 1 amide bonds. The second kappa shape index (κ2) is 8.25. The second-order valence-electron chi connectivity index (χ2n) is 7.80. The van der Waals surface area contributed by atoms with Crippen molar-refractivity contribution in [2.75, 3.05) is 18.2 Å². The largest absolute Gasteiger partial charge is 0.454 e. The Hall–Kier alpha value is -3.62. The number of fused-ring (bicyclic) bond motifs is 1. The Morgan fingerprint density at radius 1 is 1.23 bits per heavy atom. The Balaban J connectivity index is 1.24. The Morgan fingerprint density at radius 2 is 2.13 bits per heavy atom. The lowest BCUT2D eigenvalue weighted by Gasteiger charge is -2.26. The minimum absolute atomic E-state index is 0.0233. The third-order valence-corrected chi connectivity index (χ3v) is 5.58. The van der Waals surface area contributed by atoms with Crippen LogP contribution in [0, 0.1) is 6.92 Å². The zero-order valence-electron chi connectivity index (χ0n) is 17.3. The lowest BCUT2D eigenvalue weighted by molar-refractivity contribution is -0.121. The number of nitrogens with one attached hydrogen (secondary N) is 1. The average Bonchev–Trinajstić information content (AvgIpc) is 3.53. The quantitative estimate of drug-likeness (QED) is 0.654. The molecule has 9 nitrogen and oxygen atoms in total. The number of rotatable bonds is 6. The van der Waals surface area contributed by atoms with E-state index in [0.717, 1.165) is 48.0 Å². The van der Waals surface area contributed by atoms with Crippen LogP contribution in [0.1, 0.15) is 30.5 Å². The van der Waals surface area contributed by atoms with Gasteiger partial charge in [-0.05, 0) is 37.5 Å². The maximum absolute atomic E-state index is 12.7. The van der Waals surface area contributed by atoms with Crippen LogP contribution < -0.4 is 19.7 Å². The Kier molecular flexibility index (Phi) is 5.15. The van der Waals surface area contributed by atoms with Crippen molar-refractivity contribution >= 4 is 11.7 Å². The molecule has 2 aliphatic rings. The van der Waals surface area contributed by atoms with Gasteiger partial charge in [-0.25, -0.2) is 9.97 Å². The summed E-state index contributed by atoms with van der Waals surface area (Å²) in [6, 6.07) is 7.81. The normalized spacial score (nSPS) is 17.2. The van der Waals surface area contributed by atoms with Gasteiger partial charge in [-0.3, -0.25) is 9.36 Å². The van der Waals surface area contributed by atoms with Crippen LogP contribution in [0.25, 0.3) is 5.95 Å². The highest BCUT2D eigenvalue weighted by Crippen LogP contribution is 2.32. The van der Waals surface area contributed by atoms with Crippen molar-refractivity contribution < 1.29 is 14.3 Å². The van der Waals surface area contributed by atoms with Crippen LogP contribution in [-0.4, -0.2) is 44.8 Å². The molecular formula is C22H24N6O3. The molecule has 0 aliphatic carbocycles. The molecule has 0 saturated carbocycles. The third-order valence-electron chi connectivity index (χ3n) is 5.58. The number of hydrogen-bond acceptors (Lipinski definition) is 7. The summed E-state index contributed by atoms with van der Waals surface area (Å²) in [5.41, 5.74) is 1.86. The van der Waals surface area contributed by atoms with E-state index in [1.165, 1.54) is 0 Å². The molecule has 1 atom stereocenters. The number of amides is 1. The number of anilines is 1. The predicted octanol–water partition coefficient (Wildman–Crippen LogP) is 2.37. The number of ether oxygens (including phenoxy) is 2. The molecule has 1 saturated heterocycles. The number of hydrogen-bond donors (Lipinski definition) is 1. The minimum atomic E-state index is 0.0233. The molecule has 0 bridgehead atoms. The zero-order valence-corrected chi connectivity index (χ0v) is 17.3. The summed E-state index contributed by atoms with van der Waals surface area (Å²) in [7, 11) is 0. The van der Waals surface area contributed by atoms with Gasteiger partial charge >= 0.3 is 0 Å². The van der Waals surface area contributed by atoms with Crippen molar-refractivity contribution in [3.05, 3.63) is 54.2 Å². The van der Waals surface area contributed by atoms with Crippen molar-refractivity contribution in [1.29, 1.82) is 0 Å². The fraction of sp³-hybridized carbons (Fsp3) is 0.364. The molecule has 1 unspecified atom stereocenters. The van der Waals surface area contributed by atoms with E-state index in [0.29, 0.717) is 18.9 Å². The lowest BCUT2D eigenvalue weighted by Crippen LogP contribution is -2.36. The first-order valence-corrected chi connectivity index (χ1v) is 10.4. The first-order chi connectivity index (χ1) is 15.2. The van der Waals surface area contributed by atoms with E-state index in [2.05, 4.69) is 20.2 Å². The molecule has 0 spiro atoms. The zero-order chi connectivity index (χ0) is 21.2. The summed E-state index contributed by atoms with van der Waals surface area (Å²) in [6.07, 6.45) is 7.63. The van der Waals surface area contributed by atoms with E-state index >= 15 is 0 Å². The van der Waals surface area contributed by atoms with Crippen molar-refractivity contribution in [2.45, 2.75) is 38.8 Å². The highest BCUT2D eigenvalue weighted by atomic mass is 16.7. The second-order valence-corrected chi connectivity index (χ2v) is 7.80. The molecule has 0 radical (unpaired) electrons. The van der Waals surface area contributed by atoms with E-state index in [4.69, 9.17) is 14.5 Å². The first kappa shape index (κ1) is 19.3. The summed E-state index contributed by atoms with van der Waals surface area (Å²) in [5.74, 6) is 2.93. The minimum Gasteiger partial charge on any atom is -0.454 e. The topological polar surface area (TPSA) is 94.4 Å². The van der Waals surface area contributed by atoms with Crippen molar-refractivity contribution in [3.63, 3.8) is 0 Å². The van der Waals surface area contributed by atoms with E-state index < -0.39 is 0 Å². The van der Waals surface area contributed by atoms with Crippen molar-refractivity contribution in [1.82, 2.24) is 24.8 Å². The number of imidazole rings is 1. The van der Waals surface area contributed by atoms with Gasteiger partial charge in [0, 0.05) is 49.7 Å². The first-order valence-electron chi connectivity index (χ1n) is 10.4. The number of aromatic nitrogens is 4. The van der Waals surface area contributed by atoms with E-state index in [-0.39, 0.29) is 18.7 Å². The number of benzene rings is 1. The number of carbonyl (C=O) groups excluding carboxylic acids is 1. The van der Waals surface area contributed by atoms with Gasteiger partial charge in [-0.15, -0.1) is 0 Å². The monoisotopic (exact) mass is 420 g/mol. The fourth-order valence-corrected chi connectivity index (χ4v) is 4.06. The molecule has 1 fully saturated rings. The molecule has 5 rings (SSSR count). The Bertz CT molecular complexity index is 1080. The summed E-state index contributed by atoms with van der Waals surface area (Å²) >= 11 is 0. The Morgan fingerprint density at radius 3 is 3.00 bits per heavy atom. The number of nitrogens with zero attached hydrogens (tertiary/aromatic N) is 5. The van der Waals surface area contributed by atoms with Crippen LogP contribution in [0.5, 0.6) is 11.5 Å². The van der Waals surface area contributed by atoms with Crippen molar-refractivity contribution in [2.24, 2.45) is 0 Å². The summed E-state index contributed by atoms with van der Waals surface area (Å²) in [4.78, 5) is 28.2. The van der Waals surface area contributed by atoms with E-state index in [1.807, 2.05) is 37.4 Å². The van der Waals surface area contributed by atoms with Gasteiger partial charge in [0.25, 0.3) is 0 Å². The summed E-state index contributed by atoms with van der Waals surface area (Å²) in [5, 5.41) is 3.03. The maximum atomic E-state index is 12.7.